The van der Waals surface area contributed by atoms with Crippen molar-refractivity contribution in [3.05, 3.63) is 58.7 Å². The molecule has 2 saturated carbocycles. The first-order valence-electron chi connectivity index (χ1n) is 9.87. The summed E-state index contributed by atoms with van der Waals surface area (Å²) < 4.78 is 25.2. The number of halogens is 1. The molecule has 4 atom stereocenters. The lowest BCUT2D eigenvalue weighted by Gasteiger charge is -2.27. The van der Waals surface area contributed by atoms with Gasteiger partial charge in [0.05, 0.1) is 23.6 Å². The van der Waals surface area contributed by atoms with Crippen LogP contribution in [0.1, 0.15) is 28.8 Å². The minimum Gasteiger partial charge on any atom is -0.385 e. The molecular formula is C21H21ClN4O4S. The van der Waals surface area contributed by atoms with Gasteiger partial charge in [-0.15, -0.1) is 0 Å². The number of fused-ring (bicyclic) bond motifs is 2. The zero-order valence-corrected chi connectivity index (χ0v) is 18.2. The number of nitrogens with one attached hydrogen (secondary N) is 3. The minimum absolute atomic E-state index is 0.0154. The van der Waals surface area contributed by atoms with Gasteiger partial charge < -0.3 is 10.4 Å². The number of anilines is 1. The first-order chi connectivity index (χ1) is 14.6. The molecule has 1 heterocycles. The number of H-pyrrole nitrogens is 1. The Morgan fingerprint density at radius 1 is 1.26 bits per heavy atom. The Bertz CT molecular complexity index is 1290. The number of carbonyl (C=O) groups excluding carboxylic acids is 1. The lowest BCUT2D eigenvalue weighted by molar-refractivity contribution is 0.0293. The topological polar surface area (TPSA) is 124 Å². The summed E-state index contributed by atoms with van der Waals surface area (Å²) in [4.78, 5) is 12.7. The molecule has 1 aromatic heterocycles. The van der Waals surface area contributed by atoms with Crippen LogP contribution in [0.3, 0.4) is 0 Å². The highest BCUT2D eigenvalue weighted by Gasteiger charge is 2.62. The fourth-order valence-corrected chi connectivity index (χ4v) is 5.65. The van der Waals surface area contributed by atoms with E-state index in [4.69, 9.17) is 11.6 Å². The highest BCUT2D eigenvalue weighted by atomic mass is 35.5. The number of carbonyl (C=O) groups is 1. The third-order valence-corrected chi connectivity index (χ3v) is 7.05. The zero-order valence-electron chi connectivity index (χ0n) is 16.6. The van der Waals surface area contributed by atoms with Gasteiger partial charge in [-0.05, 0) is 60.6 Å². The van der Waals surface area contributed by atoms with Crippen molar-refractivity contribution < 1.29 is 18.3 Å². The Morgan fingerprint density at radius 3 is 2.71 bits per heavy atom. The van der Waals surface area contributed by atoms with Crippen molar-refractivity contribution in [2.24, 2.45) is 11.8 Å². The summed E-state index contributed by atoms with van der Waals surface area (Å²) in [5, 5.41) is 22.7. The van der Waals surface area contributed by atoms with Crippen LogP contribution in [0.25, 0.3) is 10.9 Å². The summed E-state index contributed by atoms with van der Waals surface area (Å²) in [6.07, 6.45) is 3.81. The lowest BCUT2D eigenvalue weighted by atomic mass is 9.86. The van der Waals surface area contributed by atoms with Crippen LogP contribution in [0.15, 0.2) is 42.6 Å². The van der Waals surface area contributed by atoms with E-state index in [1.54, 1.807) is 36.5 Å². The molecule has 1 amide bonds. The fraction of sp³-hybridized carbons (Fsp3) is 0.333. The predicted molar refractivity (Wildman–Crippen MR) is 117 cm³/mol. The Hall–Kier alpha value is -2.62. The van der Waals surface area contributed by atoms with E-state index < -0.39 is 15.6 Å². The SMILES string of the molecule is CS(=O)(=O)Nc1cccc(C(=O)N[C@H]2[C@@H]3C[C@](O)(c4cc(Cl)cc5[nH]ncc45)C[C@@H]32)c1. The average Bonchev–Trinajstić information content (AvgIpc) is 3.04. The maximum atomic E-state index is 12.7. The summed E-state index contributed by atoms with van der Waals surface area (Å²) in [5.41, 5.74) is 1.25. The van der Waals surface area contributed by atoms with E-state index in [0.717, 1.165) is 22.7 Å². The standard InChI is InChI=1S/C21H21ClN4O4S/c1-31(29,30)26-13-4-2-3-11(5-13)20(27)24-19-14-8-21(28,9-15(14)19)17-6-12(22)7-18-16(17)10-23-25-18/h2-7,10,14-15,19,26,28H,8-9H2,1H3,(H,23,25)(H,24,27)/t14-,15+,19+,21-. The molecule has 8 nitrogen and oxygen atoms in total. The van der Waals surface area contributed by atoms with Crippen LogP contribution in [-0.2, 0) is 15.6 Å². The smallest absolute Gasteiger partial charge is 0.251 e. The number of aromatic amines is 1. The second kappa shape index (κ2) is 6.94. The van der Waals surface area contributed by atoms with Gasteiger partial charge in [0.2, 0.25) is 10.0 Å². The zero-order chi connectivity index (χ0) is 22.0. The van der Waals surface area contributed by atoms with Crippen molar-refractivity contribution in [2.45, 2.75) is 24.5 Å². The highest BCUT2D eigenvalue weighted by molar-refractivity contribution is 7.92. The average molecular weight is 461 g/mol. The highest BCUT2D eigenvalue weighted by Crippen LogP contribution is 2.60. The van der Waals surface area contributed by atoms with Crippen LogP contribution in [0, 0.1) is 11.8 Å². The quantitative estimate of drug-likeness (QED) is 0.466. The molecule has 0 unspecified atom stereocenters. The van der Waals surface area contributed by atoms with E-state index in [1.807, 2.05) is 0 Å². The summed E-state index contributed by atoms with van der Waals surface area (Å²) in [5.74, 6) is 0.0829. The summed E-state index contributed by atoms with van der Waals surface area (Å²) in [6, 6.07) is 9.92. The van der Waals surface area contributed by atoms with Crippen molar-refractivity contribution in [2.75, 3.05) is 11.0 Å². The van der Waals surface area contributed by atoms with Crippen LogP contribution in [-0.4, -0.2) is 41.9 Å². The second-order valence-corrected chi connectivity index (χ2v) is 10.7. The molecule has 2 aliphatic rings. The molecule has 0 bridgehead atoms. The molecule has 0 spiro atoms. The molecule has 162 valence electrons. The van der Waals surface area contributed by atoms with Gasteiger partial charge in [-0.25, -0.2) is 8.42 Å². The maximum Gasteiger partial charge on any atom is 0.251 e. The normalized spacial score (nSPS) is 27.1. The Kier molecular flexibility index (Phi) is 4.55. The summed E-state index contributed by atoms with van der Waals surface area (Å²) in [6.45, 7) is 0. The maximum absolute atomic E-state index is 12.7. The van der Waals surface area contributed by atoms with E-state index in [0.29, 0.717) is 29.1 Å². The molecule has 0 radical (unpaired) electrons. The first-order valence-corrected chi connectivity index (χ1v) is 12.1. The van der Waals surface area contributed by atoms with E-state index in [9.17, 15) is 18.3 Å². The van der Waals surface area contributed by atoms with Gasteiger partial charge in [0.1, 0.15) is 0 Å². The predicted octanol–water partition coefficient (Wildman–Crippen LogP) is 2.61. The molecule has 2 aromatic carbocycles. The van der Waals surface area contributed by atoms with Gasteiger partial charge in [0, 0.05) is 27.7 Å². The molecule has 4 N–H and O–H groups in total. The van der Waals surface area contributed by atoms with Crippen LogP contribution >= 0.6 is 11.6 Å². The molecule has 2 fully saturated rings. The van der Waals surface area contributed by atoms with Gasteiger partial charge in [-0.3, -0.25) is 14.6 Å². The number of aliphatic hydroxyl groups is 1. The van der Waals surface area contributed by atoms with E-state index in [-0.39, 0.29) is 23.8 Å². The molecule has 3 aromatic rings. The van der Waals surface area contributed by atoms with Gasteiger partial charge in [-0.2, -0.15) is 5.10 Å². The number of hydrogen-bond donors (Lipinski definition) is 4. The van der Waals surface area contributed by atoms with Gasteiger partial charge >= 0.3 is 0 Å². The van der Waals surface area contributed by atoms with Gasteiger partial charge in [0.25, 0.3) is 5.91 Å². The van der Waals surface area contributed by atoms with Crippen molar-refractivity contribution >= 4 is 44.1 Å². The molecule has 2 aliphatic carbocycles. The van der Waals surface area contributed by atoms with Gasteiger partial charge in [-0.1, -0.05) is 17.7 Å². The molecule has 0 aliphatic heterocycles. The number of aromatic nitrogens is 2. The number of amides is 1. The summed E-state index contributed by atoms with van der Waals surface area (Å²) >= 11 is 6.23. The monoisotopic (exact) mass is 460 g/mol. The van der Waals surface area contributed by atoms with Crippen molar-refractivity contribution in [3.8, 4) is 0 Å². The third-order valence-electron chi connectivity index (χ3n) is 6.23. The Labute approximate surface area is 184 Å². The van der Waals surface area contributed by atoms with E-state index >= 15 is 0 Å². The molecule has 31 heavy (non-hydrogen) atoms. The molecular weight excluding hydrogens is 440 g/mol. The molecule has 5 rings (SSSR count). The number of nitrogens with zero attached hydrogens (tertiary/aromatic N) is 1. The Morgan fingerprint density at radius 2 is 2.00 bits per heavy atom. The minimum atomic E-state index is -3.42. The van der Waals surface area contributed by atoms with Crippen LogP contribution in [0.5, 0.6) is 0 Å². The summed E-state index contributed by atoms with van der Waals surface area (Å²) in [7, 11) is -3.42. The third kappa shape index (κ3) is 3.77. The number of sulfonamides is 1. The van der Waals surface area contributed by atoms with E-state index in [2.05, 4.69) is 20.2 Å². The fourth-order valence-electron chi connectivity index (χ4n) is 4.87. The van der Waals surface area contributed by atoms with Crippen LogP contribution in [0.2, 0.25) is 5.02 Å². The number of rotatable bonds is 5. The van der Waals surface area contributed by atoms with E-state index in [1.165, 1.54) is 6.07 Å². The second-order valence-electron chi connectivity index (χ2n) is 8.51. The number of benzene rings is 2. The van der Waals surface area contributed by atoms with Crippen molar-refractivity contribution in [1.29, 1.82) is 0 Å². The van der Waals surface area contributed by atoms with Crippen LogP contribution < -0.4 is 10.0 Å². The Balaban J connectivity index is 1.28. The molecule has 10 heteroatoms. The van der Waals surface area contributed by atoms with Gasteiger partial charge in [0.15, 0.2) is 0 Å². The number of hydrogen-bond acceptors (Lipinski definition) is 5. The first kappa shape index (κ1) is 20.3. The largest absolute Gasteiger partial charge is 0.385 e. The molecule has 0 saturated heterocycles. The lowest BCUT2D eigenvalue weighted by Crippen LogP contribution is -2.33. The van der Waals surface area contributed by atoms with Crippen molar-refractivity contribution in [3.63, 3.8) is 0 Å². The van der Waals surface area contributed by atoms with Crippen LogP contribution in [0.4, 0.5) is 5.69 Å². The van der Waals surface area contributed by atoms with Crippen molar-refractivity contribution in [1.82, 2.24) is 15.5 Å².